The van der Waals surface area contributed by atoms with E-state index in [1.165, 1.54) is 30.3 Å². The van der Waals surface area contributed by atoms with Crippen molar-refractivity contribution in [1.82, 2.24) is 0 Å². The number of para-hydroxylation sites is 1. The quantitative estimate of drug-likeness (QED) is 0.356. The molecule has 0 saturated carbocycles. The summed E-state index contributed by atoms with van der Waals surface area (Å²) in [5.41, 5.74) is 1.83. The van der Waals surface area contributed by atoms with Gasteiger partial charge in [-0.15, -0.1) is 0 Å². The second-order valence-corrected chi connectivity index (χ2v) is 9.61. The van der Waals surface area contributed by atoms with Crippen LogP contribution in [0.15, 0.2) is 80.8 Å². The monoisotopic (exact) mass is 492 g/mol. The molecule has 0 bridgehead atoms. The van der Waals surface area contributed by atoms with E-state index >= 15 is 0 Å². The molecule has 2 N–H and O–H groups in total. The van der Waals surface area contributed by atoms with Crippen LogP contribution in [0.3, 0.4) is 0 Å². The molecule has 0 radical (unpaired) electrons. The molecule has 0 fully saturated rings. The number of aryl methyl sites for hydroxylation is 2. The summed E-state index contributed by atoms with van der Waals surface area (Å²) in [6.07, 6.45) is 0. The molecule has 0 aliphatic rings. The van der Waals surface area contributed by atoms with Crippen LogP contribution in [-0.4, -0.2) is 20.9 Å². The second kappa shape index (κ2) is 9.63. The average molecular weight is 493 g/mol. The van der Waals surface area contributed by atoms with Crippen LogP contribution in [0, 0.1) is 13.8 Å². The van der Waals surface area contributed by atoms with E-state index in [1.54, 1.807) is 18.2 Å². The lowest BCUT2D eigenvalue weighted by Crippen LogP contribution is -2.20. The molecule has 4 rings (SSSR count). The van der Waals surface area contributed by atoms with Crippen molar-refractivity contribution in [1.29, 1.82) is 0 Å². The molecular formula is C26H24N2O6S. The van der Waals surface area contributed by atoms with Crippen molar-refractivity contribution in [3.05, 3.63) is 93.8 Å². The first-order valence-electron chi connectivity index (χ1n) is 10.9. The second-order valence-electron chi connectivity index (χ2n) is 7.93. The third kappa shape index (κ3) is 5.20. The van der Waals surface area contributed by atoms with E-state index in [0.717, 1.165) is 11.1 Å². The number of fused-ring (bicyclic) bond motifs is 1. The van der Waals surface area contributed by atoms with Crippen LogP contribution in [0.1, 0.15) is 28.4 Å². The van der Waals surface area contributed by atoms with Crippen LogP contribution in [0.4, 0.5) is 11.4 Å². The first-order chi connectivity index (χ1) is 16.7. The zero-order chi connectivity index (χ0) is 25.2. The highest BCUT2D eigenvalue weighted by atomic mass is 32.2. The summed E-state index contributed by atoms with van der Waals surface area (Å²) < 4.78 is 39.0. The highest BCUT2D eigenvalue weighted by Crippen LogP contribution is 2.25. The summed E-state index contributed by atoms with van der Waals surface area (Å²) >= 11 is 0. The van der Waals surface area contributed by atoms with Gasteiger partial charge in [0.1, 0.15) is 16.9 Å². The van der Waals surface area contributed by atoms with Crippen LogP contribution in [-0.2, 0) is 10.0 Å². The van der Waals surface area contributed by atoms with Crippen molar-refractivity contribution < 1.29 is 22.4 Å². The van der Waals surface area contributed by atoms with Gasteiger partial charge in [-0.25, -0.2) is 13.2 Å². The Morgan fingerprint density at radius 2 is 1.66 bits per heavy atom. The molecule has 1 aromatic heterocycles. The lowest BCUT2D eigenvalue weighted by molar-refractivity contribution is 0.102. The van der Waals surface area contributed by atoms with Gasteiger partial charge in [0, 0.05) is 11.1 Å². The van der Waals surface area contributed by atoms with E-state index in [0.29, 0.717) is 34.7 Å². The fraction of sp³-hybridized carbons (Fsp3) is 0.154. The van der Waals surface area contributed by atoms with E-state index in [4.69, 9.17) is 9.15 Å². The Morgan fingerprint density at radius 1 is 0.971 bits per heavy atom. The van der Waals surface area contributed by atoms with Crippen molar-refractivity contribution in [2.45, 2.75) is 25.7 Å². The molecule has 1 amide bonds. The molecule has 0 atom stereocenters. The number of nitrogens with one attached hydrogen (secondary N) is 2. The van der Waals surface area contributed by atoms with Crippen LogP contribution in [0.25, 0.3) is 11.0 Å². The maximum Gasteiger partial charge on any atom is 0.349 e. The van der Waals surface area contributed by atoms with Crippen LogP contribution in [0.2, 0.25) is 0 Å². The number of rotatable bonds is 7. The molecule has 3 aromatic carbocycles. The molecule has 4 aromatic rings. The first-order valence-corrected chi connectivity index (χ1v) is 12.4. The highest BCUT2D eigenvalue weighted by Gasteiger charge is 2.18. The molecule has 180 valence electrons. The third-order valence-electron chi connectivity index (χ3n) is 5.40. The van der Waals surface area contributed by atoms with Gasteiger partial charge in [0.05, 0.1) is 17.2 Å². The summed E-state index contributed by atoms with van der Waals surface area (Å²) in [6, 6.07) is 17.6. The predicted octanol–water partition coefficient (Wildman–Crippen LogP) is 4.86. The minimum absolute atomic E-state index is 0.0341. The van der Waals surface area contributed by atoms with Gasteiger partial charge in [-0.3, -0.25) is 9.52 Å². The number of benzene rings is 3. The van der Waals surface area contributed by atoms with E-state index < -0.39 is 21.6 Å². The first kappa shape index (κ1) is 24.0. The van der Waals surface area contributed by atoms with Crippen LogP contribution < -0.4 is 20.4 Å². The Hall–Kier alpha value is -4.11. The molecule has 0 unspecified atom stereocenters. The van der Waals surface area contributed by atoms with Gasteiger partial charge in [-0.1, -0.05) is 18.2 Å². The molecule has 8 nitrogen and oxygen atoms in total. The molecule has 1 heterocycles. The normalized spacial score (nSPS) is 11.3. The smallest absolute Gasteiger partial charge is 0.349 e. The van der Waals surface area contributed by atoms with E-state index in [-0.39, 0.29) is 10.5 Å². The van der Waals surface area contributed by atoms with Gasteiger partial charge < -0.3 is 14.5 Å². The number of carbonyl (C=O) groups excluding carboxylic acids is 1. The summed E-state index contributed by atoms with van der Waals surface area (Å²) in [7, 11) is -3.84. The number of amides is 1. The third-order valence-corrected chi connectivity index (χ3v) is 6.76. The summed E-state index contributed by atoms with van der Waals surface area (Å²) in [4.78, 5) is 25.1. The summed E-state index contributed by atoms with van der Waals surface area (Å²) in [6.45, 7) is 5.97. The van der Waals surface area contributed by atoms with Gasteiger partial charge in [0.25, 0.3) is 15.9 Å². The van der Waals surface area contributed by atoms with Gasteiger partial charge in [0.15, 0.2) is 0 Å². The minimum Gasteiger partial charge on any atom is -0.494 e. The van der Waals surface area contributed by atoms with Crippen molar-refractivity contribution in [2.24, 2.45) is 0 Å². The number of carbonyl (C=O) groups is 1. The van der Waals surface area contributed by atoms with Gasteiger partial charge in [-0.2, -0.15) is 0 Å². The number of sulfonamides is 1. The number of hydrogen-bond acceptors (Lipinski definition) is 6. The van der Waals surface area contributed by atoms with Crippen molar-refractivity contribution >= 4 is 38.3 Å². The lowest BCUT2D eigenvalue weighted by Gasteiger charge is -2.13. The fourth-order valence-electron chi connectivity index (χ4n) is 3.60. The van der Waals surface area contributed by atoms with E-state index in [2.05, 4.69) is 10.0 Å². The number of hydrogen-bond donors (Lipinski definition) is 2. The number of ether oxygens (including phenoxy) is 1. The maximum absolute atomic E-state index is 12.8. The largest absolute Gasteiger partial charge is 0.494 e. The maximum atomic E-state index is 12.8. The van der Waals surface area contributed by atoms with Crippen LogP contribution in [0.5, 0.6) is 5.75 Å². The van der Waals surface area contributed by atoms with Gasteiger partial charge in [-0.05, 0) is 80.4 Å². The molecule has 0 spiro atoms. The molecule has 0 saturated heterocycles. The standard InChI is InChI=1S/C26H24N2O6S/c1-4-33-20-10-13-23-18(14-20)15-22(26(30)34-23)25(29)27-19-8-11-21(12-9-19)35(31,32)28-24-16(2)6-5-7-17(24)3/h5-15,28H,4H2,1-3H3,(H,27,29). The summed E-state index contributed by atoms with van der Waals surface area (Å²) in [5, 5.41) is 3.15. The lowest BCUT2D eigenvalue weighted by atomic mass is 10.1. The van der Waals surface area contributed by atoms with Gasteiger partial charge >= 0.3 is 5.63 Å². The molecular weight excluding hydrogens is 468 g/mol. The number of anilines is 2. The average Bonchev–Trinajstić information content (AvgIpc) is 2.82. The Balaban J connectivity index is 1.54. The fourth-order valence-corrected chi connectivity index (χ4v) is 4.80. The summed E-state index contributed by atoms with van der Waals surface area (Å²) in [5.74, 6) is -0.0850. The Labute approximate surface area is 202 Å². The van der Waals surface area contributed by atoms with Crippen LogP contribution >= 0.6 is 0 Å². The predicted molar refractivity (Wildman–Crippen MR) is 135 cm³/mol. The van der Waals surface area contributed by atoms with Gasteiger partial charge in [0.2, 0.25) is 0 Å². The Bertz CT molecular complexity index is 1550. The molecule has 35 heavy (non-hydrogen) atoms. The molecule has 0 aliphatic carbocycles. The highest BCUT2D eigenvalue weighted by molar-refractivity contribution is 7.92. The topological polar surface area (TPSA) is 115 Å². The van der Waals surface area contributed by atoms with Crippen molar-refractivity contribution in [2.75, 3.05) is 16.6 Å². The van der Waals surface area contributed by atoms with Crippen molar-refractivity contribution in [3.8, 4) is 5.75 Å². The SMILES string of the molecule is CCOc1ccc2oc(=O)c(C(=O)Nc3ccc(S(=O)(=O)Nc4c(C)cccc4C)cc3)cc2c1. The molecule has 9 heteroatoms. The zero-order valence-corrected chi connectivity index (χ0v) is 20.2. The Kier molecular flexibility index (Phi) is 6.61. The molecule has 0 aliphatic heterocycles. The van der Waals surface area contributed by atoms with E-state index in [1.807, 2.05) is 39.0 Å². The Morgan fingerprint density at radius 3 is 2.31 bits per heavy atom. The zero-order valence-electron chi connectivity index (χ0n) is 19.4. The van der Waals surface area contributed by atoms with Crippen molar-refractivity contribution in [3.63, 3.8) is 0 Å². The van der Waals surface area contributed by atoms with E-state index in [9.17, 15) is 18.0 Å². The minimum atomic E-state index is -3.84.